The summed E-state index contributed by atoms with van der Waals surface area (Å²) in [5, 5.41) is 0. The van der Waals surface area contributed by atoms with Crippen LogP contribution in [0.5, 0.6) is 0 Å². The van der Waals surface area contributed by atoms with Crippen LogP contribution in [-0.2, 0) is 9.15 Å². The molecule has 0 spiro atoms. The van der Waals surface area contributed by atoms with Crippen molar-refractivity contribution in [3.63, 3.8) is 0 Å². The van der Waals surface area contributed by atoms with Crippen LogP contribution in [-0.4, -0.2) is 13.0 Å². The Hall–Kier alpha value is -0.0000000000000000555. The zero-order valence-electron chi connectivity index (χ0n) is 5.33. The van der Waals surface area contributed by atoms with E-state index in [-0.39, 0.29) is 0 Å². The molecule has 0 aromatic rings. The Morgan fingerprint density at radius 2 is 1.56 bits per heavy atom. The number of rotatable bonds is 0. The number of hydrogen-bond donors (Lipinski definition) is 2. The first-order valence-corrected chi connectivity index (χ1v) is 4.54. The molecule has 0 amide bonds. The van der Waals surface area contributed by atoms with Crippen LogP contribution < -0.4 is 0 Å². The van der Waals surface area contributed by atoms with Crippen molar-refractivity contribution in [2.75, 3.05) is 0 Å². The fourth-order valence-electron chi connectivity index (χ4n) is 0. The van der Waals surface area contributed by atoms with Crippen molar-refractivity contribution in [3.8, 4) is 0 Å². The summed E-state index contributed by atoms with van der Waals surface area (Å²) in [6.45, 7) is 7.50. The summed E-state index contributed by atoms with van der Waals surface area (Å²) in [4.78, 5) is 0. The van der Waals surface area contributed by atoms with Gasteiger partial charge in [-0.1, -0.05) is 5.57 Å². The van der Waals surface area contributed by atoms with Gasteiger partial charge in [0.2, 0.25) is 0 Å². The molecule has 0 aliphatic carbocycles. The van der Waals surface area contributed by atoms with Gasteiger partial charge >= 0.3 is 9.15 Å². The van der Waals surface area contributed by atoms with Crippen LogP contribution in [0.25, 0.3) is 0 Å². The molecule has 0 radical (unpaired) electrons. The molecule has 0 aromatic heterocycles. The Bertz CT molecular complexity index is 156. The van der Waals surface area contributed by atoms with E-state index in [1.165, 1.54) is 5.57 Å². The van der Waals surface area contributed by atoms with Crippen LogP contribution in [0.3, 0.4) is 0 Å². The third-order valence-electron chi connectivity index (χ3n) is 0. The molecule has 0 fully saturated rings. The lowest BCUT2D eigenvalue weighted by Gasteiger charge is -1.67. The minimum atomic E-state index is -3.97. The molecule has 0 aliphatic rings. The molecular formula is C4H10O3S2. The van der Waals surface area contributed by atoms with Gasteiger partial charge in [0.1, 0.15) is 0 Å². The molecule has 5 heteroatoms. The fourth-order valence-corrected chi connectivity index (χ4v) is 0. The Labute approximate surface area is 60.3 Å². The van der Waals surface area contributed by atoms with Crippen molar-refractivity contribution in [2.45, 2.75) is 13.8 Å². The van der Waals surface area contributed by atoms with Gasteiger partial charge in [0, 0.05) is 0 Å². The van der Waals surface area contributed by atoms with Gasteiger partial charge in [-0.2, -0.15) is 8.42 Å². The van der Waals surface area contributed by atoms with Crippen LogP contribution >= 0.6 is 11.7 Å². The smallest absolute Gasteiger partial charge is 0.277 e. The van der Waals surface area contributed by atoms with E-state index < -0.39 is 9.15 Å². The van der Waals surface area contributed by atoms with Crippen molar-refractivity contribution < 1.29 is 13.0 Å². The van der Waals surface area contributed by atoms with Crippen molar-refractivity contribution in [1.82, 2.24) is 0 Å². The summed E-state index contributed by atoms with van der Waals surface area (Å²) in [6, 6.07) is 0. The minimum absolute atomic E-state index is 1.17. The predicted octanol–water partition coefficient (Wildman–Crippen LogP) is 1.30. The molecule has 0 rings (SSSR count). The van der Waals surface area contributed by atoms with E-state index in [1.54, 1.807) is 0 Å². The molecule has 0 aliphatic heterocycles. The average Bonchev–Trinajstić information content (AvgIpc) is 1.19. The van der Waals surface area contributed by atoms with Gasteiger partial charge in [0.25, 0.3) is 0 Å². The van der Waals surface area contributed by atoms with Crippen LogP contribution in [0.2, 0.25) is 0 Å². The summed E-state index contributed by atoms with van der Waals surface area (Å²) in [5.74, 6) is 0. The summed E-state index contributed by atoms with van der Waals surface area (Å²) in [6.07, 6.45) is 0. The van der Waals surface area contributed by atoms with Gasteiger partial charge in [-0.05, 0) is 25.5 Å². The van der Waals surface area contributed by atoms with Gasteiger partial charge in [-0.25, -0.2) is 0 Å². The molecular weight excluding hydrogens is 160 g/mol. The third kappa shape index (κ3) is 93499999999999995775975225743638528. The summed E-state index contributed by atoms with van der Waals surface area (Å²) >= 11 is 2.65. The molecule has 1 N–H and O–H groups in total. The summed E-state index contributed by atoms with van der Waals surface area (Å²) in [7, 11) is -3.97. The maximum Gasteiger partial charge on any atom is 0.316 e. The van der Waals surface area contributed by atoms with E-state index >= 15 is 0 Å². The standard InChI is InChI=1S/C4H8.H2O3S2/c1-4(2)3;1-5(2,3)4/h1H2,2-3H3;(H2,1,2,3,4). The van der Waals surface area contributed by atoms with Gasteiger partial charge in [-0.15, -0.1) is 6.58 Å². The first-order valence-electron chi connectivity index (χ1n) is 2.05. The van der Waals surface area contributed by atoms with E-state index in [9.17, 15) is 0 Å². The SMILES string of the molecule is C=C(C)C.O=S(=O)(O)S. The van der Waals surface area contributed by atoms with E-state index in [0.717, 1.165) is 0 Å². The highest BCUT2D eigenvalue weighted by molar-refractivity contribution is 8.61. The second-order valence-electron chi connectivity index (χ2n) is 1.65. The van der Waals surface area contributed by atoms with E-state index in [4.69, 9.17) is 13.0 Å². The molecule has 56 valence electrons. The van der Waals surface area contributed by atoms with Gasteiger partial charge in [-0.3, -0.25) is 4.55 Å². The number of allylic oxidation sites excluding steroid dienone is 1. The highest BCUT2D eigenvalue weighted by Crippen LogP contribution is 1.81. The number of thiol groups is 1. The van der Waals surface area contributed by atoms with E-state index in [0.29, 0.717) is 0 Å². The largest absolute Gasteiger partial charge is 0.316 e. The molecule has 0 saturated carbocycles. The van der Waals surface area contributed by atoms with Crippen LogP contribution in [0.15, 0.2) is 12.2 Å². The number of hydrogen-bond acceptors (Lipinski definition) is 2. The van der Waals surface area contributed by atoms with Gasteiger partial charge < -0.3 is 0 Å². The normalized spacial score (nSPS) is 9.33. The lowest BCUT2D eigenvalue weighted by Crippen LogP contribution is -1.78. The first-order chi connectivity index (χ1) is 3.73. The Morgan fingerprint density at radius 1 is 1.56 bits per heavy atom. The highest BCUT2D eigenvalue weighted by Gasteiger charge is 1.83. The molecule has 0 atom stereocenters. The maximum absolute atomic E-state index is 9.05. The monoisotopic (exact) mass is 170 g/mol. The van der Waals surface area contributed by atoms with Gasteiger partial charge in [0.15, 0.2) is 0 Å². The third-order valence-corrected chi connectivity index (χ3v) is 0. The topological polar surface area (TPSA) is 54.4 Å². The van der Waals surface area contributed by atoms with Crippen molar-refractivity contribution in [3.05, 3.63) is 12.2 Å². The van der Waals surface area contributed by atoms with Crippen LogP contribution in [0, 0.1) is 0 Å². The molecule has 0 unspecified atom stereocenters. The lowest BCUT2D eigenvalue weighted by atomic mass is 10.4. The Balaban J connectivity index is 0. The highest BCUT2D eigenvalue weighted by atomic mass is 33.1. The fraction of sp³-hybridized carbons (Fsp3) is 0.500. The molecule has 0 heterocycles. The quantitative estimate of drug-likeness (QED) is 0.249. The van der Waals surface area contributed by atoms with E-state index in [1.807, 2.05) is 13.8 Å². The Morgan fingerprint density at radius 3 is 1.56 bits per heavy atom. The minimum Gasteiger partial charge on any atom is -0.277 e. The lowest BCUT2D eigenvalue weighted by molar-refractivity contribution is 0.503. The molecule has 0 aromatic carbocycles. The zero-order valence-corrected chi connectivity index (χ0v) is 7.04. The summed E-state index contributed by atoms with van der Waals surface area (Å²) < 4.78 is 25.5. The molecule has 9 heavy (non-hydrogen) atoms. The van der Waals surface area contributed by atoms with Crippen LogP contribution in [0.4, 0.5) is 0 Å². The molecule has 0 bridgehead atoms. The second-order valence-corrected chi connectivity index (χ2v) is 3.93. The first kappa shape index (κ1) is 11.8. The van der Waals surface area contributed by atoms with E-state index in [2.05, 4.69) is 18.2 Å². The maximum atomic E-state index is 9.05. The zero-order chi connectivity index (χ0) is 8.08. The van der Waals surface area contributed by atoms with Gasteiger partial charge in [0.05, 0.1) is 0 Å². The Kier molecular flexibility index (Phi) is 6.32. The average molecular weight is 170 g/mol. The molecule has 3 nitrogen and oxygen atoms in total. The van der Waals surface area contributed by atoms with Crippen molar-refractivity contribution in [1.29, 1.82) is 0 Å². The second kappa shape index (κ2) is 4.84. The summed E-state index contributed by atoms with van der Waals surface area (Å²) in [5.41, 5.74) is 1.17. The predicted molar refractivity (Wildman–Crippen MR) is 41.0 cm³/mol. The van der Waals surface area contributed by atoms with Crippen LogP contribution in [0.1, 0.15) is 13.8 Å². The van der Waals surface area contributed by atoms with Crippen molar-refractivity contribution in [2.24, 2.45) is 0 Å². The van der Waals surface area contributed by atoms with Crippen molar-refractivity contribution >= 4 is 20.8 Å². The molecule has 0 saturated heterocycles.